The van der Waals surface area contributed by atoms with Crippen molar-refractivity contribution in [2.75, 3.05) is 0 Å². The minimum atomic E-state index is -1.85. The Morgan fingerprint density at radius 1 is 1.00 bits per heavy atom. The van der Waals surface area contributed by atoms with E-state index in [1.807, 2.05) is 0 Å². The molecule has 2 aromatic carbocycles. The van der Waals surface area contributed by atoms with E-state index in [-0.39, 0.29) is 0 Å². The number of aliphatic hydroxyl groups excluding tert-OH is 1. The highest BCUT2D eigenvalue weighted by molar-refractivity contribution is 5.69. The highest BCUT2D eigenvalue weighted by Crippen LogP contribution is 2.43. The number of nitrogens with zero attached hydrogens (tertiary/aromatic N) is 2. The molecule has 3 aromatic rings. The molecule has 1 atom stereocenters. The Bertz CT molecular complexity index is 1030. The van der Waals surface area contributed by atoms with E-state index in [4.69, 9.17) is 19.5 Å². The summed E-state index contributed by atoms with van der Waals surface area (Å²) in [6, 6.07) is 13.1. The standard InChI is InChI=1S/C23H22N2O4/c26-23(27)28-18-9-5-15(6-10-18)21-24-22(29-25-21)17-8-12-20-16(13-17)7-11-19(20)14-3-1-2-4-14/h5-14,19,23,26-27H,1-4H2. The molecule has 148 valence electrons. The number of benzene rings is 2. The van der Waals surface area contributed by atoms with Gasteiger partial charge in [-0.15, -0.1) is 0 Å². The summed E-state index contributed by atoms with van der Waals surface area (Å²) in [6.45, 7) is -1.85. The van der Waals surface area contributed by atoms with E-state index in [1.165, 1.54) is 36.8 Å². The van der Waals surface area contributed by atoms with Gasteiger partial charge in [0.1, 0.15) is 5.75 Å². The van der Waals surface area contributed by atoms with Crippen molar-refractivity contribution in [2.45, 2.75) is 38.1 Å². The molecule has 1 unspecified atom stereocenters. The molecule has 6 nitrogen and oxygen atoms in total. The van der Waals surface area contributed by atoms with Gasteiger partial charge in [0.05, 0.1) is 0 Å². The van der Waals surface area contributed by atoms with E-state index < -0.39 is 6.48 Å². The second-order valence-corrected chi connectivity index (χ2v) is 7.66. The molecule has 29 heavy (non-hydrogen) atoms. The smallest absolute Gasteiger partial charge is 0.310 e. The summed E-state index contributed by atoms with van der Waals surface area (Å²) in [6.07, 6.45) is 9.90. The van der Waals surface area contributed by atoms with Crippen molar-refractivity contribution in [3.63, 3.8) is 0 Å². The van der Waals surface area contributed by atoms with Gasteiger partial charge < -0.3 is 19.5 Å². The lowest BCUT2D eigenvalue weighted by Crippen LogP contribution is -2.13. The zero-order valence-electron chi connectivity index (χ0n) is 15.9. The van der Waals surface area contributed by atoms with Gasteiger partial charge in [0.25, 0.3) is 5.89 Å². The maximum Gasteiger partial charge on any atom is 0.310 e. The van der Waals surface area contributed by atoms with Crippen molar-refractivity contribution in [1.29, 1.82) is 0 Å². The van der Waals surface area contributed by atoms with Crippen LogP contribution in [0.3, 0.4) is 0 Å². The number of aliphatic hydroxyl groups is 2. The van der Waals surface area contributed by atoms with E-state index in [1.54, 1.807) is 24.3 Å². The van der Waals surface area contributed by atoms with Crippen LogP contribution in [0.5, 0.6) is 5.75 Å². The summed E-state index contributed by atoms with van der Waals surface area (Å²) in [5.74, 6) is 2.60. The van der Waals surface area contributed by atoms with Crippen molar-refractivity contribution in [3.05, 3.63) is 59.7 Å². The van der Waals surface area contributed by atoms with E-state index in [0.717, 1.165) is 17.0 Å². The van der Waals surface area contributed by atoms with E-state index in [0.29, 0.717) is 23.4 Å². The van der Waals surface area contributed by atoms with Gasteiger partial charge in [-0.05, 0) is 66.3 Å². The van der Waals surface area contributed by atoms with Crippen LogP contribution < -0.4 is 4.74 Å². The molecule has 0 amide bonds. The summed E-state index contributed by atoms with van der Waals surface area (Å²) < 4.78 is 10.3. The molecule has 5 rings (SSSR count). The average Bonchev–Trinajstić information content (AvgIpc) is 3.47. The molecule has 6 heteroatoms. The number of fused-ring (bicyclic) bond motifs is 1. The fourth-order valence-corrected chi connectivity index (χ4v) is 4.46. The Kier molecular flexibility index (Phi) is 4.66. The van der Waals surface area contributed by atoms with Gasteiger partial charge in [-0.3, -0.25) is 0 Å². The molecule has 0 bridgehead atoms. The Balaban J connectivity index is 1.36. The molecule has 2 N–H and O–H groups in total. The predicted molar refractivity (Wildman–Crippen MR) is 108 cm³/mol. The van der Waals surface area contributed by atoms with Crippen LogP contribution in [-0.2, 0) is 0 Å². The van der Waals surface area contributed by atoms with E-state index in [9.17, 15) is 0 Å². The van der Waals surface area contributed by atoms with Crippen LogP contribution in [0.4, 0.5) is 0 Å². The first-order chi connectivity index (χ1) is 14.2. The first-order valence-electron chi connectivity index (χ1n) is 9.97. The number of aromatic nitrogens is 2. The minimum absolute atomic E-state index is 0.342. The molecule has 1 aromatic heterocycles. The van der Waals surface area contributed by atoms with Crippen LogP contribution in [0, 0.1) is 5.92 Å². The highest BCUT2D eigenvalue weighted by Gasteiger charge is 2.28. The largest absolute Gasteiger partial charge is 0.442 e. The van der Waals surface area contributed by atoms with Crippen LogP contribution in [0.25, 0.3) is 28.9 Å². The number of hydrogen-bond donors (Lipinski definition) is 2. The van der Waals surface area contributed by atoms with Crippen LogP contribution in [0.2, 0.25) is 0 Å². The van der Waals surface area contributed by atoms with Gasteiger partial charge in [-0.25, -0.2) is 0 Å². The van der Waals surface area contributed by atoms with E-state index in [2.05, 4.69) is 40.5 Å². The van der Waals surface area contributed by atoms with E-state index >= 15 is 0 Å². The molecular formula is C23H22N2O4. The van der Waals surface area contributed by atoms with Gasteiger partial charge in [0, 0.05) is 17.0 Å². The molecular weight excluding hydrogens is 368 g/mol. The summed E-state index contributed by atoms with van der Waals surface area (Å²) >= 11 is 0. The number of allylic oxidation sites excluding steroid dienone is 1. The Hall–Kier alpha value is -2.96. The van der Waals surface area contributed by atoms with Crippen LogP contribution in [-0.4, -0.2) is 26.8 Å². The average molecular weight is 390 g/mol. The lowest BCUT2D eigenvalue weighted by Gasteiger charge is -2.18. The molecule has 0 radical (unpaired) electrons. The monoisotopic (exact) mass is 390 g/mol. The number of ether oxygens (including phenoxy) is 1. The minimum Gasteiger partial charge on any atom is -0.442 e. The summed E-state index contributed by atoms with van der Waals surface area (Å²) in [7, 11) is 0. The second kappa shape index (κ2) is 7.46. The first-order valence-corrected chi connectivity index (χ1v) is 9.97. The second-order valence-electron chi connectivity index (χ2n) is 7.66. The maximum absolute atomic E-state index is 8.85. The third-order valence-corrected chi connectivity index (χ3v) is 5.86. The normalized spacial score (nSPS) is 18.5. The zero-order valence-corrected chi connectivity index (χ0v) is 15.9. The quantitative estimate of drug-likeness (QED) is 0.630. The number of hydrogen-bond acceptors (Lipinski definition) is 6. The lowest BCUT2D eigenvalue weighted by molar-refractivity contribution is -0.179. The predicted octanol–water partition coefficient (Wildman–Crippen LogP) is 4.35. The van der Waals surface area contributed by atoms with Crippen molar-refractivity contribution < 1.29 is 19.5 Å². The third-order valence-electron chi connectivity index (χ3n) is 5.86. The third kappa shape index (κ3) is 3.57. The Morgan fingerprint density at radius 2 is 1.76 bits per heavy atom. The topological polar surface area (TPSA) is 88.6 Å². The van der Waals surface area contributed by atoms with Gasteiger partial charge in [0.2, 0.25) is 5.82 Å². The van der Waals surface area contributed by atoms with Gasteiger partial charge in [0.15, 0.2) is 0 Å². The van der Waals surface area contributed by atoms with Crippen LogP contribution >= 0.6 is 0 Å². The van der Waals surface area contributed by atoms with Crippen molar-refractivity contribution in [3.8, 4) is 28.6 Å². The molecule has 1 heterocycles. The van der Waals surface area contributed by atoms with Crippen LogP contribution in [0.1, 0.15) is 42.7 Å². The molecule has 0 aliphatic heterocycles. The molecule has 0 saturated heterocycles. The Labute approximate surface area is 168 Å². The van der Waals surface area contributed by atoms with Crippen molar-refractivity contribution in [1.82, 2.24) is 10.1 Å². The first kappa shape index (κ1) is 18.1. The molecule has 2 aliphatic rings. The van der Waals surface area contributed by atoms with Crippen molar-refractivity contribution >= 4 is 6.08 Å². The lowest BCUT2D eigenvalue weighted by atomic mass is 9.86. The summed E-state index contributed by atoms with van der Waals surface area (Å²) in [5.41, 5.74) is 4.30. The summed E-state index contributed by atoms with van der Waals surface area (Å²) in [5, 5.41) is 21.8. The molecule has 1 fully saturated rings. The Morgan fingerprint density at radius 3 is 2.52 bits per heavy atom. The van der Waals surface area contributed by atoms with Gasteiger partial charge in [-0.2, -0.15) is 4.98 Å². The fraction of sp³-hybridized carbons (Fsp3) is 0.304. The van der Waals surface area contributed by atoms with Gasteiger partial charge >= 0.3 is 6.48 Å². The summed E-state index contributed by atoms with van der Waals surface area (Å²) in [4.78, 5) is 4.52. The molecule has 2 aliphatic carbocycles. The SMILES string of the molecule is OC(O)Oc1ccc(-c2noc(-c3ccc4c(c3)C=CC4C3CCCC3)n2)cc1. The number of rotatable bonds is 5. The molecule has 1 saturated carbocycles. The maximum atomic E-state index is 8.85. The highest BCUT2D eigenvalue weighted by atomic mass is 16.7. The van der Waals surface area contributed by atoms with Gasteiger partial charge in [-0.1, -0.05) is 36.2 Å². The van der Waals surface area contributed by atoms with Crippen molar-refractivity contribution in [2.24, 2.45) is 5.92 Å². The molecule has 0 spiro atoms. The zero-order chi connectivity index (χ0) is 19.8. The fourth-order valence-electron chi connectivity index (χ4n) is 4.46. The van der Waals surface area contributed by atoms with Crippen LogP contribution in [0.15, 0.2) is 53.1 Å².